The summed E-state index contributed by atoms with van der Waals surface area (Å²) in [6.45, 7) is 0.232. The van der Waals surface area contributed by atoms with E-state index in [0.29, 0.717) is 5.56 Å². The molecule has 1 N–H and O–H groups in total. The van der Waals surface area contributed by atoms with Crippen LogP contribution in [0.5, 0.6) is 5.75 Å². The maximum atomic E-state index is 11.3. The van der Waals surface area contributed by atoms with Crippen molar-refractivity contribution in [3.8, 4) is 5.75 Å². The number of methoxy groups -OCH3 is 1. The second-order valence-electron chi connectivity index (χ2n) is 4.29. The van der Waals surface area contributed by atoms with Crippen LogP contribution < -0.4 is 4.74 Å². The summed E-state index contributed by atoms with van der Waals surface area (Å²) in [6, 6.07) is 16.2. The van der Waals surface area contributed by atoms with Gasteiger partial charge in [0.25, 0.3) is 0 Å². The number of aliphatic carboxylic acids is 1. The molecule has 0 bridgehead atoms. The van der Waals surface area contributed by atoms with E-state index in [4.69, 9.17) is 9.47 Å². The van der Waals surface area contributed by atoms with Gasteiger partial charge in [0, 0.05) is 0 Å². The van der Waals surface area contributed by atoms with E-state index in [0.717, 1.165) is 11.3 Å². The molecular formula is C16H16O4. The van der Waals surface area contributed by atoms with E-state index in [9.17, 15) is 9.90 Å². The van der Waals surface area contributed by atoms with Crippen molar-refractivity contribution >= 4 is 5.97 Å². The van der Waals surface area contributed by atoms with Gasteiger partial charge in [-0.2, -0.15) is 0 Å². The van der Waals surface area contributed by atoms with E-state index >= 15 is 0 Å². The fourth-order valence-corrected chi connectivity index (χ4v) is 1.84. The molecule has 0 aromatic heterocycles. The highest BCUT2D eigenvalue weighted by Gasteiger charge is 2.20. The molecule has 0 fully saturated rings. The lowest BCUT2D eigenvalue weighted by Gasteiger charge is -2.14. The SMILES string of the molecule is COc1ccc(CO[C@@H](C(=O)O)c2ccccc2)cc1. The van der Waals surface area contributed by atoms with Gasteiger partial charge >= 0.3 is 5.97 Å². The first-order valence-corrected chi connectivity index (χ1v) is 6.23. The molecule has 0 saturated carbocycles. The van der Waals surface area contributed by atoms with Crippen LogP contribution in [0.15, 0.2) is 54.6 Å². The van der Waals surface area contributed by atoms with Gasteiger partial charge in [0.15, 0.2) is 6.10 Å². The van der Waals surface area contributed by atoms with Gasteiger partial charge in [-0.3, -0.25) is 0 Å². The average molecular weight is 272 g/mol. The number of benzene rings is 2. The van der Waals surface area contributed by atoms with Gasteiger partial charge in [0.2, 0.25) is 0 Å². The Balaban J connectivity index is 2.04. The van der Waals surface area contributed by atoms with Gasteiger partial charge in [0.05, 0.1) is 13.7 Å². The molecule has 2 rings (SSSR count). The van der Waals surface area contributed by atoms with Crippen LogP contribution in [0.2, 0.25) is 0 Å². The summed E-state index contributed by atoms with van der Waals surface area (Å²) in [5, 5.41) is 9.24. The Bertz CT molecular complexity index is 548. The molecule has 0 aliphatic carbocycles. The summed E-state index contributed by atoms with van der Waals surface area (Å²) in [5.41, 5.74) is 1.53. The third-order valence-electron chi connectivity index (χ3n) is 2.90. The molecule has 2 aromatic carbocycles. The molecule has 1 atom stereocenters. The lowest BCUT2D eigenvalue weighted by Crippen LogP contribution is -2.15. The average Bonchev–Trinajstić information content (AvgIpc) is 2.49. The molecule has 0 saturated heterocycles. The highest BCUT2D eigenvalue weighted by atomic mass is 16.5. The molecule has 0 aliphatic heterocycles. The summed E-state index contributed by atoms with van der Waals surface area (Å²) in [7, 11) is 1.60. The predicted molar refractivity (Wildman–Crippen MR) is 74.6 cm³/mol. The number of hydrogen-bond donors (Lipinski definition) is 1. The zero-order valence-corrected chi connectivity index (χ0v) is 11.2. The smallest absolute Gasteiger partial charge is 0.337 e. The molecule has 4 heteroatoms. The minimum atomic E-state index is -0.996. The first-order chi connectivity index (χ1) is 9.70. The zero-order chi connectivity index (χ0) is 14.4. The summed E-state index contributed by atoms with van der Waals surface area (Å²) in [4.78, 5) is 11.3. The molecule has 0 spiro atoms. The fraction of sp³-hybridized carbons (Fsp3) is 0.188. The van der Waals surface area contributed by atoms with Crippen molar-refractivity contribution in [2.24, 2.45) is 0 Å². The first kappa shape index (κ1) is 14.1. The Morgan fingerprint density at radius 1 is 1.10 bits per heavy atom. The zero-order valence-electron chi connectivity index (χ0n) is 11.2. The Hall–Kier alpha value is -2.33. The van der Waals surface area contributed by atoms with E-state index in [1.165, 1.54) is 0 Å². The number of carbonyl (C=O) groups is 1. The third kappa shape index (κ3) is 3.59. The monoisotopic (exact) mass is 272 g/mol. The van der Waals surface area contributed by atoms with Crippen LogP contribution in [0.25, 0.3) is 0 Å². The summed E-state index contributed by atoms with van der Waals surface area (Å²) < 4.78 is 10.6. The van der Waals surface area contributed by atoms with Crippen LogP contribution in [0.1, 0.15) is 17.2 Å². The molecular weight excluding hydrogens is 256 g/mol. The number of carboxylic acid groups (broad SMARTS) is 1. The van der Waals surface area contributed by atoms with Crippen molar-refractivity contribution < 1.29 is 19.4 Å². The fourth-order valence-electron chi connectivity index (χ4n) is 1.84. The van der Waals surface area contributed by atoms with Gasteiger partial charge < -0.3 is 14.6 Å². The highest BCUT2D eigenvalue weighted by molar-refractivity contribution is 5.74. The van der Waals surface area contributed by atoms with Crippen LogP contribution >= 0.6 is 0 Å². The second-order valence-corrected chi connectivity index (χ2v) is 4.29. The topological polar surface area (TPSA) is 55.8 Å². The summed E-state index contributed by atoms with van der Waals surface area (Å²) >= 11 is 0. The predicted octanol–water partition coefficient (Wildman–Crippen LogP) is 3.04. The van der Waals surface area contributed by atoms with Crippen LogP contribution in [-0.4, -0.2) is 18.2 Å². The van der Waals surface area contributed by atoms with Crippen molar-refractivity contribution in [3.05, 3.63) is 65.7 Å². The standard InChI is InChI=1S/C16H16O4/c1-19-14-9-7-12(8-10-14)11-20-15(16(17)18)13-5-3-2-4-6-13/h2-10,15H,11H2,1H3,(H,17,18)/t15-/m1/s1. The molecule has 2 aromatic rings. The van der Waals surface area contributed by atoms with Crippen molar-refractivity contribution in [2.75, 3.05) is 7.11 Å². The number of carboxylic acids is 1. The molecule has 0 amide bonds. The Morgan fingerprint density at radius 3 is 2.30 bits per heavy atom. The first-order valence-electron chi connectivity index (χ1n) is 6.23. The van der Waals surface area contributed by atoms with E-state index < -0.39 is 12.1 Å². The van der Waals surface area contributed by atoms with Crippen LogP contribution in [-0.2, 0) is 16.1 Å². The van der Waals surface area contributed by atoms with Gasteiger partial charge in [-0.15, -0.1) is 0 Å². The minimum absolute atomic E-state index is 0.232. The molecule has 0 radical (unpaired) electrons. The molecule has 0 unspecified atom stereocenters. The third-order valence-corrected chi connectivity index (χ3v) is 2.90. The van der Waals surface area contributed by atoms with Gasteiger partial charge in [-0.1, -0.05) is 42.5 Å². The molecule has 104 valence electrons. The van der Waals surface area contributed by atoms with Crippen molar-refractivity contribution in [3.63, 3.8) is 0 Å². The Labute approximate surface area is 117 Å². The summed E-state index contributed by atoms with van der Waals surface area (Å²) in [6.07, 6.45) is -0.960. The normalized spacial score (nSPS) is 11.8. The van der Waals surface area contributed by atoms with Crippen LogP contribution in [0.3, 0.4) is 0 Å². The van der Waals surface area contributed by atoms with Crippen molar-refractivity contribution in [1.29, 1.82) is 0 Å². The lowest BCUT2D eigenvalue weighted by atomic mass is 10.1. The van der Waals surface area contributed by atoms with Crippen molar-refractivity contribution in [1.82, 2.24) is 0 Å². The number of hydrogen-bond acceptors (Lipinski definition) is 3. The molecule has 20 heavy (non-hydrogen) atoms. The molecule has 4 nitrogen and oxygen atoms in total. The minimum Gasteiger partial charge on any atom is -0.497 e. The van der Waals surface area contributed by atoms with Gasteiger partial charge in [-0.25, -0.2) is 4.79 Å². The van der Waals surface area contributed by atoms with E-state index in [1.54, 1.807) is 31.4 Å². The molecule has 0 heterocycles. The van der Waals surface area contributed by atoms with Crippen LogP contribution in [0, 0.1) is 0 Å². The van der Waals surface area contributed by atoms with Gasteiger partial charge in [0.1, 0.15) is 5.75 Å². The maximum Gasteiger partial charge on any atom is 0.337 e. The number of rotatable bonds is 6. The Morgan fingerprint density at radius 2 is 1.75 bits per heavy atom. The van der Waals surface area contributed by atoms with E-state index in [2.05, 4.69) is 0 Å². The lowest BCUT2D eigenvalue weighted by molar-refractivity contribution is -0.151. The van der Waals surface area contributed by atoms with E-state index in [1.807, 2.05) is 30.3 Å². The highest BCUT2D eigenvalue weighted by Crippen LogP contribution is 2.20. The second kappa shape index (κ2) is 6.73. The Kier molecular flexibility index (Phi) is 4.74. The quantitative estimate of drug-likeness (QED) is 0.878. The van der Waals surface area contributed by atoms with E-state index in [-0.39, 0.29) is 6.61 Å². The summed E-state index contributed by atoms with van der Waals surface area (Å²) in [5.74, 6) is -0.240. The molecule has 0 aliphatic rings. The van der Waals surface area contributed by atoms with Crippen molar-refractivity contribution in [2.45, 2.75) is 12.7 Å². The van der Waals surface area contributed by atoms with Crippen LogP contribution in [0.4, 0.5) is 0 Å². The van der Waals surface area contributed by atoms with Gasteiger partial charge in [-0.05, 0) is 23.3 Å². The number of ether oxygens (including phenoxy) is 2. The maximum absolute atomic E-state index is 11.3. The largest absolute Gasteiger partial charge is 0.497 e.